The average Bonchev–Trinajstić information content (AvgIpc) is 2.84. The molecule has 0 spiro atoms. The number of aromatic nitrogens is 1. The predicted molar refractivity (Wildman–Crippen MR) is 83.9 cm³/mol. The van der Waals surface area contributed by atoms with E-state index in [0.717, 1.165) is 23.5 Å². The van der Waals surface area contributed by atoms with Gasteiger partial charge in [0.25, 0.3) is 0 Å². The Morgan fingerprint density at radius 1 is 1.45 bits per heavy atom. The minimum absolute atomic E-state index is 0.387. The van der Waals surface area contributed by atoms with Crippen LogP contribution in [0.25, 0.3) is 0 Å². The molecular formula is C14H20N2O2SSi. The van der Waals surface area contributed by atoms with Crippen LogP contribution in [0.4, 0.5) is 4.79 Å². The van der Waals surface area contributed by atoms with Crippen LogP contribution in [-0.2, 0) is 0 Å². The molecule has 1 saturated heterocycles. The molecule has 1 fully saturated rings. The third-order valence-corrected chi connectivity index (χ3v) is 5.08. The SMILES string of the molecule is C[Si](C)(C)C#Cc1csc(C2CCN(C(=O)O)CC2)n1. The number of nitrogens with zero attached hydrogens (tertiary/aromatic N) is 2. The zero-order valence-electron chi connectivity index (χ0n) is 12.1. The van der Waals surface area contributed by atoms with E-state index in [2.05, 4.69) is 36.1 Å². The first-order valence-corrected chi connectivity index (χ1v) is 11.2. The maximum atomic E-state index is 10.9. The number of amides is 1. The van der Waals surface area contributed by atoms with Gasteiger partial charge in [0.15, 0.2) is 0 Å². The molecule has 108 valence electrons. The fourth-order valence-corrected chi connectivity index (χ4v) is 3.53. The second-order valence-electron chi connectivity index (χ2n) is 6.11. The number of carbonyl (C=O) groups is 1. The molecule has 4 nitrogen and oxygen atoms in total. The highest BCUT2D eigenvalue weighted by molar-refractivity contribution is 7.09. The molecule has 1 aliphatic rings. The first-order valence-electron chi connectivity index (χ1n) is 6.81. The molecule has 0 aromatic carbocycles. The molecule has 1 aromatic heterocycles. The lowest BCUT2D eigenvalue weighted by Gasteiger charge is -2.28. The molecule has 1 amide bonds. The Bertz CT molecular complexity index is 546. The summed E-state index contributed by atoms with van der Waals surface area (Å²) in [6.07, 6.45) is 0.908. The van der Waals surface area contributed by atoms with Gasteiger partial charge in [-0.2, -0.15) is 0 Å². The maximum absolute atomic E-state index is 10.9. The van der Waals surface area contributed by atoms with Crippen molar-refractivity contribution in [2.75, 3.05) is 13.1 Å². The van der Waals surface area contributed by atoms with Crippen molar-refractivity contribution in [1.82, 2.24) is 9.88 Å². The predicted octanol–water partition coefficient (Wildman–Crippen LogP) is 3.23. The zero-order chi connectivity index (χ0) is 14.8. The van der Waals surface area contributed by atoms with Crippen LogP contribution < -0.4 is 0 Å². The van der Waals surface area contributed by atoms with Crippen molar-refractivity contribution in [2.45, 2.75) is 38.4 Å². The van der Waals surface area contributed by atoms with Crippen LogP contribution in [0.3, 0.4) is 0 Å². The summed E-state index contributed by atoms with van der Waals surface area (Å²) >= 11 is 1.65. The Morgan fingerprint density at radius 3 is 2.65 bits per heavy atom. The van der Waals surface area contributed by atoms with Crippen molar-refractivity contribution in [3.05, 3.63) is 16.1 Å². The summed E-state index contributed by atoms with van der Waals surface area (Å²) in [7, 11) is -1.36. The van der Waals surface area contributed by atoms with Gasteiger partial charge in [0.2, 0.25) is 0 Å². The zero-order valence-corrected chi connectivity index (χ0v) is 14.0. The van der Waals surface area contributed by atoms with Crippen molar-refractivity contribution in [1.29, 1.82) is 0 Å². The number of hydrogen-bond donors (Lipinski definition) is 1. The number of likely N-dealkylation sites (tertiary alicyclic amines) is 1. The molecule has 0 unspecified atom stereocenters. The van der Waals surface area contributed by atoms with Gasteiger partial charge < -0.3 is 10.0 Å². The summed E-state index contributed by atoms with van der Waals surface area (Å²) in [4.78, 5) is 17.0. The molecule has 0 atom stereocenters. The Hall–Kier alpha value is -1.32. The van der Waals surface area contributed by atoms with Crippen LogP contribution in [0.5, 0.6) is 0 Å². The van der Waals surface area contributed by atoms with E-state index < -0.39 is 14.2 Å². The number of rotatable bonds is 1. The smallest absolute Gasteiger partial charge is 0.407 e. The minimum atomic E-state index is -1.36. The van der Waals surface area contributed by atoms with Gasteiger partial charge in [0, 0.05) is 24.4 Å². The van der Waals surface area contributed by atoms with Gasteiger partial charge in [-0.1, -0.05) is 25.6 Å². The average molecular weight is 308 g/mol. The van der Waals surface area contributed by atoms with E-state index >= 15 is 0 Å². The summed E-state index contributed by atoms with van der Waals surface area (Å²) in [6, 6.07) is 0. The highest BCUT2D eigenvalue weighted by Gasteiger charge is 2.25. The largest absolute Gasteiger partial charge is 0.465 e. The summed E-state index contributed by atoms with van der Waals surface area (Å²) < 4.78 is 0. The Kier molecular flexibility index (Phi) is 4.51. The fourth-order valence-electron chi connectivity index (χ4n) is 2.10. The van der Waals surface area contributed by atoms with Crippen molar-refractivity contribution in [2.24, 2.45) is 0 Å². The van der Waals surface area contributed by atoms with Crippen LogP contribution in [0.15, 0.2) is 5.38 Å². The van der Waals surface area contributed by atoms with E-state index in [1.165, 1.54) is 4.90 Å². The molecule has 2 rings (SSSR count). The van der Waals surface area contributed by atoms with Crippen molar-refractivity contribution >= 4 is 25.5 Å². The van der Waals surface area contributed by atoms with Gasteiger partial charge in [0.05, 0.1) is 5.01 Å². The standard InChI is InChI=1S/C14H20N2O2SSi/c1-20(2,3)9-6-12-10-19-13(15-12)11-4-7-16(8-5-11)14(17)18/h10-11H,4-5,7-8H2,1-3H3,(H,17,18). The van der Waals surface area contributed by atoms with Gasteiger partial charge in [0.1, 0.15) is 13.8 Å². The number of thiazole rings is 1. The molecule has 0 radical (unpaired) electrons. The Morgan fingerprint density at radius 2 is 2.10 bits per heavy atom. The van der Waals surface area contributed by atoms with Gasteiger partial charge in [-0.25, -0.2) is 9.78 Å². The van der Waals surface area contributed by atoms with Gasteiger partial charge in [-0.3, -0.25) is 0 Å². The maximum Gasteiger partial charge on any atom is 0.407 e. The van der Waals surface area contributed by atoms with Crippen molar-refractivity contribution in [3.63, 3.8) is 0 Å². The molecule has 6 heteroatoms. The normalized spacial score (nSPS) is 16.6. The lowest BCUT2D eigenvalue weighted by atomic mass is 9.98. The van der Waals surface area contributed by atoms with E-state index in [1.54, 1.807) is 11.3 Å². The highest BCUT2D eigenvalue weighted by Crippen LogP contribution is 2.30. The third-order valence-electron chi connectivity index (χ3n) is 3.20. The van der Waals surface area contributed by atoms with Crippen LogP contribution in [-0.4, -0.2) is 42.2 Å². The molecule has 20 heavy (non-hydrogen) atoms. The highest BCUT2D eigenvalue weighted by atomic mass is 32.1. The van der Waals surface area contributed by atoms with Gasteiger partial charge >= 0.3 is 6.09 Å². The molecule has 2 heterocycles. The van der Waals surface area contributed by atoms with Crippen LogP contribution in [0, 0.1) is 11.5 Å². The van der Waals surface area contributed by atoms with E-state index in [4.69, 9.17) is 5.11 Å². The van der Waals surface area contributed by atoms with E-state index in [9.17, 15) is 4.79 Å². The molecule has 0 saturated carbocycles. The molecule has 1 aromatic rings. The Balaban J connectivity index is 2.00. The van der Waals surface area contributed by atoms with E-state index in [0.29, 0.717) is 19.0 Å². The summed E-state index contributed by atoms with van der Waals surface area (Å²) in [5.41, 5.74) is 4.19. The fraction of sp³-hybridized carbons (Fsp3) is 0.571. The van der Waals surface area contributed by atoms with Crippen molar-refractivity contribution in [3.8, 4) is 11.5 Å². The monoisotopic (exact) mass is 308 g/mol. The lowest BCUT2D eigenvalue weighted by Crippen LogP contribution is -2.36. The second-order valence-corrected chi connectivity index (χ2v) is 11.8. The van der Waals surface area contributed by atoms with E-state index in [1.807, 2.05) is 5.38 Å². The first-order chi connectivity index (χ1) is 9.35. The second kappa shape index (κ2) is 5.98. The Labute approximate surface area is 124 Å². The summed E-state index contributed by atoms with van der Waals surface area (Å²) in [5, 5.41) is 12.1. The van der Waals surface area contributed by atoms with Gasteiger partial charge in [-0.15, -0.1) is 16.9 Å². The number of carboxylic acid groups (broad SMARTS) is 1. The van der Waals surface area contributed by atoms with Crippen LogP contribution in [0.2, 0.25) is 19.6 Å². The van der Waals surface area contributed by atoms with Gasteiger partial charge in [-0.05, 0) is 12.8 Å². The quantitative estimate of drug-likeness (QED) is 0.640. The minimum Gasteiger partial charge on any atom is -0.465 e. The first kappa shape index (κ1) is 15.1. The van der Waals surface area contributed by atoms with E-state index in [-0.39, 0.29) is 0 Å². The third kappa shape index (κ3) is 4.08. The molecule has 1 N–H and O–H groups in total. The van der Waals surface area contributed by atoms with Crippen LogP contribution in [0.1, 0.15) is 29.5 Å². The summed E-state index contributed by atoms with van der Waals surface area (Å²) in [6.45, 7) is 7.86. The number of piperidine rings is 1. The number of hydrogen-bond acceptors (Lipinski definition) is 3. The molecule has 1 aliphatic heterocycles. The van der Waals surface area contributed by atoms with Crippen LogP contribution >= 0.6 is 11.3 Å². The summed E-state index contributed by atoms with van der Waals surface area (Å²) in [5.74, 6) is 3.56. The van der Waals surface area contributed by atoms with Crippen molar-refractivity contribution < 1.29 is 9.90 Å². The topological polar surface area (TPSA) is 53.4 Å². The lowest BCUT2D eigenvalue weighted by molar-refractivity contribution is 0.132. The molecule has 0 bridgehead atoms. The molecule has 0 aliphatic carbocycles. The molecular weight excluding hydrogens is 288 g/mol.